The maximum absolute atomic E-state index is 12.7. The lowest BCUT2D eigenvalue weighted by atomic mass is 9.93. The summed E-state index contributed by atoms with van der Waals surface area (Å²) in [5.74, 6) is 0.399. The van der Waals surface area contributed by atoms with Gasteiger partial charge in [-0.2, -0.15) is 19.4 Å². The van der Waals surface area contributed by atoms with E-state index in [-0.39, 0.29) is 17.1 Å². The second kappa shape index (κ2) is 5.31. The van der Waals surface area contributed by atoms with Gasteiger partial charge in [0, 0.05) is 5.41 Å². The third kappa shape index (κ3) is 2.83. The number of rotatable bonds is 2. The van der Waals surface area contributed by atoms with E-state index in [1.54, 1.807) is 24.3 Å². The van der Waals surface area contributed by atoms with E-state index < -0.39 is 5.41 Å². The van der Waals surface area contributed by atoms with Crippen molar-refractivity contribution in [1.82, 2.24) is 24.5 Å². The largest absolute Gasteiger partial charge is 0.508 e. The van der Waals surface area contributed by atoms with E-state index >= 15 is 0 Å². The van der Waals surface area contributed by atoms with Gasteiger partial charge < -0.3 is 5.11 Å². The number of fused-ring (bicyclic) bond motifs is 1. The van der Waals surface area contributed by atoms with E-state index in [9.17, 15) is 9.90 Å². The van der Waals surface area contributed by atoms with Crippen molar-refractivity contribution in [2.24, 2.45) is 5.10 Å². The van der Waals surface area contributed by atoms with E-state index in [1.165, 1.54) is 21.7 Å². The molecule has 3 rings (SSSR count). The zero-order chi connectivity index (χ0) is 16.6. The number of hydrogen-bond donors (Lipinski definition) is 1. The maximum atomic E-state index is 12.7. The second-order valence-electron chi connectivity index (χ2n) is 6.13. The summed E-state index contributed by atoms with van der Waals surface area (Å²) in [4.78, 5) is 12.7. The number of aromatic hydroxyl groups is 1. The van der Waals surface area contributed by atoms with Gasteiger partial charge in [0.25, 0.3) is 11.3 Å². The van der Waals surface area contributed by atoms with Crippen LogP contribution >= 0.6 is 0 Å². The molecular formula is C15H16N6O2. The Bertz CT molecular complexity index is 931. The van der Waals surface area contributed by atoms with Crippen LogP contribution < -0.4 is 5.56 Å². The van der Waals surface area contributed by atoms with E-state index in [0.717, 1.165) is 5.56 Å². The number of nitrogens with zero attached hydrogens (tertiary/aromatic N) is 6. The fraction of sp³-hybridized carbons (Fsp3) is 0.267. The van der Waals surface area contributed by atoms with Gasteiger partial charge in [-0.3, -0.25) is 4.79 Å². The van der Waals surface area contributed by atoms with Crippen molar-refractivity contribution in [3.8, 4) is 5.75 Å². The average molecular weight is 312 g/mol. The van der Waals surface area contributed by atoms with Gasteiger partial charge >= 0.3 is 0 Å². The first kappa shape index (κ1) is 14.9. The molecule has 0 spiro atoms. The van der Waals surface area contributed by atoms with Crippen LogP contribution in [0, 0.1) is 0 Å². The minimum atomic E-state index is -0.439. The number of benzene rings is 1. The van der Waals surface area contributed by atoms with Crippen LogP contribution in [0.3, 0.4) is 0 Å². The van der Waals surface area contributed by atoms with Crippen LogP contribution in [0.4, 0.5) is 0 Å². The summed E-state index contributed by atoms with van der Waals surface area (Å²) in [6.45, 7) is 5.71. The van der Waals surface area contributed by atoms with Gasteiger partial charge in [0.15, 0.2) is 0 Å². The van der Waals surface area contributed by atoms with Gasteiger partial charge in [-0.1, -0.05) is 20.8 Å². The van der Waals surface area contributed by atoms with Crippen molar-refractivity contribution in [2.75, 3.05) is 0 Å². The fourth-order valence-corrected chi connectivity index (χ4v) is 2.04. The molecule has 0 radical (unpaired) electrons. The van der Waals surface area contributed by atoms with Gasteiger partial charge in [0.1, 0.15) is 17.8 Å². The van der Waals surface area contributed by atoms with Gasteiger partial charge in [-0.25, -0.2) is 0 Å². The molecule has 1 aromatic carbocycles. The van der Waals surface area contributed by atoms with Crippen molar-refractivity contribution in [3.05, 3.63) is 52.2 Å². The number of hydrogen-bond acceptors (Lipinski definition) is 6. The van der Waals surface area contributed by atoms with Crippen LogP contribution in [-0.4, -0.2) is 35.8 Å². The summed E-state index contributed by atoms with van der Waals surface area (Å²) in [6.07, 6.45) is 2.94. The minimum Gasteiger partial charge on any atom is -0.508 e. The number of phenolic OH excluding ortho intramolecular Hbond substituents is 1. The van der Waals surface area contributed by atoms with E-state index in [4.69, 9.17) is 0 Å². The van der Waals surface area contributed by atoms with Crippen molar-refractivity contribution in [3.63, 3.8) is 0 Å². The predicted octanol–water partition coefficient (Wildman–Crippen LogP) is 1.17. The highest BCUT2D eigenvalue weighted by atomic mass is 16.3. The standard InChI is InChI=1S/C15H16N6O2/c1-15(2,3)12-13(23)21(14-18-16-9-20(14)19-12)17-8-10-4-6-11(22)7-5-10/h4-9,22H,1-3H3/b17-8-. The van der Waals surface area contributed by atoms with E-state index in [0.29, 0.717) is 5.69 Å². The van der Waals surface area contributed by atoms with Crippen molar-refractivity contribution in [2.45, 2.75) is 26.2 Å². The molecule has 2 heterocycles. The molecule has 0 atom stereocenters. The van der Waals surface area contributed by atoms with Crippen LogP contribution in [0.15, 0.2) is 40.5 Å². The Labute approximate surface area is 131 Å². The van der Waals surface area contributed by atoms with E-state index in [2.05, 4.69) is 20.4 Å². The molecule has 0 amide bonds. The summed E-state index contributed by atoms with van der Waals surface area (Å²) < 4.78 is 2.60. The Morgan fingerprint density at radius 2 is 1.91 bits per heavy atom. The molecule has 0 aliphatic rings. The van der Waals surface area contributed by atoms with Crippen LogP contribution in [-0.2, 0) is 5.41 Å². The Balaban J connectivity index is 2.16. The van der Waals surface area contributed by atoms with Crippen LogP contribution in [0.2, 0.25) is 0 Å². The molecule has 23 heavy (non-hydrogen) atoms. The summed E-state index contributed by atoms with van der Waals surface area (Å²) in [5.41, 5.74) is 0.327. The Morgan fingerprint density at radius 3 is 2.57 bits per heavy atom. The normalized spacial score (nSPS) is 12.3. The highest BCUT2D eigenvalue weighted by Crippen LogP contribution is 2.16. The lowest BCUT2D eigenvalue weighted by molar-refractivity contribution is 0.475. The maximum Gasteiger partial charge on any atom is 0.298 e. The smallest absolute Gasteiger partial charge is 0.298 e. The molecule has 0 saturated carbocycles. The number of aromatic nitrogens is 5. The third-order valence-corrected chi connectivity index (χ3v) is 3.23. The Hall–Kier alpha value is -3.03. The highest BCUT2D eigenvalue weighted by molar-refractivity contribution is 5.79. The topological polar surface area (TPSA) is 97.7 Å². The molecule has 0 fully saturated rings. The van der Waals surface area contributed by atoms with Crippen LogP contribution in [0.5, 0.6) is 5.75 Å². The molecule has 1 N–H and O–H groups in total. The van der Waals surface area contributed by atoms with Crippen molar-refractivity contribution in [1.29, 1.82) is 0 Å². The highest BCUT2D eigenvalue weighted by Gasteiger charge is 2.23. The van der Waals surface area contributed by atoms with Crippen molar-refractivity contribution >= 4 is 12.0 Å². The predicted molar refractivity (Wildman–Crippen MR) is 84.8 cm³/mol. The third-order valence-electron chi connectivity index (χ3n) is 3.23. The molecule has 0 aliphatic heterocycles. The lowest BCUT2D eigenvalue weighted by Gasteiger charge is -2.16. The second-order valence-corrected chi connectivity index (χ2v) is 6.13. The summed E-state index contributed by atoms with van der Waals surface area (Å²) in [7, 11) is 0. The number of phenols is 1. The summed E-state index contributed by atoms with van der Waals surface area (Å²) in [6, 6.07) is 6.47. The first-order chi connectivity index (χ1) is 10.9. The first-order valence-electron chi connectivity index (χ1n) is 7.03. The minimum absolute atomic E-state index is 0.165. The Kier molecular flexibility index (Phi) is 3.44. The lowest BCUT2D eigenvalue weighted by Crippen LogP contribution is -2.33. The summed E-state index contributed by atoms with van der Waals surface area (Å²) in [5, 5.41) is 25.5. The van der Waals surface area contributed by atoms with Crippen LogP contribution in [0.1, 0.15) is 32.0 Å². The average Bonchev–Trinajstić information content (AvgIpc) is 2.94. The molecule has 0 saturated heterocycles. The molecule has 0 unspecified atom stereocenters. The molecule has 0 aliphatic carbocycles. The molecule has 2 aromatic heterocycles. The van der Waals surface area contributed by atoms with Gasteiger partial charge in [0.2, 0.25) is 0 Å². The molecule has 0 bridgehead atoms. The van der Waals surface area contributed by atoms with Gasteiger partial charge in [-0.05, 0) is 29.8 Å². The molecule has 8 heteroatoms. The van der Waals surface area contributed by atoms with Gasteiger partial charge in [-0.15, -0.1) is 10.2 Å². The van der Waals surface area contributed by atoms with E-state index in [1.807, 2.05) is 20.8 Å². The zero-order valence-corrected chi connectivity index (χ0v) is 13.0. The first-order valence-corrected chi connectivity index (χ1v) is 7.03. The quantitative estimate of drug-likeness (QED) is 0.716. The molecule has 118 valence electrons. The molecule has 8 nitrogen and oxygen atoms in total. The molecule has 3 aromatic rings. The van der Waals surface area contributed by atoms with Crippen molar-refractivity contribution < 1.29 is 5.11 Å². The van der Waals surface area contributed by atoms with Crippen LogP contribution in [0.25, 0.3) is 5.78 Å². The fourth-order valence-electron chi connectivity index (χ4n) is 2.04. The Morgan fingerprint density at radius 1 is 1.22 bits per heavy atom. The molecular weight excluding hydrogens is 296 g/mol. The van der Waals surface area contributed by atoms with Gasteiger partial charge in [0.05, 0.1) is 6.21 Å². The summed E-state index contributed by atoms with van der Waals surface area (Å²) >= 11 is 0. The monoisotopic (exact) mass is 312 g/mol. The zero-order valence-electron chi connectivity index (χ0n) is 13.0. The SMILES string of the molecule is CC(C)(C)c1nn2cnnc2n(/N=C\c2ccc(O)cc2)c1=O.